The molecule has 1 rings (SSSR count). The van der Waals surface area contributed by atoms with Gasteiger partial charge in [0.25, 0.3) is 10.1 Å². The van der Waals surface area contributed by atoms with E-state index in [0.717, 1.165) is 18.4 Å². The Balaban J connectivity index is 2.96. The molecule has 0 aliphatic heterocycles. The molecule has 0 aliphatic rings. The lowest BCUT2D eigenvalue weighted by molar-refractivity contribution is 0.235. The van der Waals surface area contributed by atoms with Crippen molar-refractivity contribution >= 4 is 10.1 Å². The van der Waals surface area contributed by atoms with Crippen molar-refractivity contribution in [3.05, 3.63) is 35.4 Å². The summed E-state index contributed by atoms with van der Waals surface area (Å²) in [6.45, 7) is 1.40. The first-order chi connectivity index (χ1) is 6.78. The van der Waals surface area contributed by atoms with Gasteiger partial charge in [-0.2, -0.15) is 8.42 Å². The van der Waals surface area contributed by atoms with Crippen molar-refractivity contribution in [2.24, 2.45) is 0 Å². The second kappa shape index (κ2) is 4.24. The highest BCUT2D eigenvalue weighted by molar-refractivity contribution is 7.86. The van der Waals surface area contributed by atoms with Crippen LogP contribution < -0.4 is 0 Å². The highest BCUT2D eigenvalue weighted by atomic mass is 32.2. The van der Waals surface area contributed by atoms with E-state index in [1.165, 1.54) is 6.92 Å². The van der Waals surface area contributed by atoms with Crippen LogP contribution in [0.1, 0.15) is 18.6 Å². The fraction of sp³-hybridized carbons (Fsp3) is 0.333. The lowest BCUT2D eigenvalue weighted by Gasteiger charge is -2.11. The monoisotopic (exact) mass is 236 g/mol. The van der Waals surface area contributed by atoms with Gasteiger partial charge < -0.3 is 0 Å². The predicted molar refractivity (Wildman–Crippen MR) is 50.7 cm³/mol. The molecule has 0 amide bonds. The smallest absolute Gasteiger partial charge is 0.262 e. The summed E-state index contributed by atoms with van der Waals surface area (Å²) in [7, 11) is -3.64. The fourth-order valence-corrected chi connectivity index (χ4v) is 1.76. The SMILES string of the molecule is C[C@H](OS(C)(=O)=O)c1cc(F)cc(F)c1. The van der Waals surface area contributed by atoms with E-state index in [4.69, 9.17) is 0 Å². The maximum Gasteiger partial charge on any atom is 0.264 e. The van der Waals surface area contributed by atoms with Gasteiger partial charge in [0.15, 0.2) is 0 Å². The normalized spacial score (nSPS) is 13.9. The Hall–Kier alpha value is -1.01. The highest BCUT2D eigenvalue weighted by Crippen LogP contribution is 2.20. The number of hydrogen-bond acceptors (Lipinski definition) is 3. The van der Waals surface area contributed by atoms with Gasteiger partial charge in [0.1, 0.15) is 11.6 Å². The van der Waals surface area contributed by atoms with E-state index < -0.39 is 27.9 Å². The zero-order valence-electron chi connectivity index (χ0n) is 8.20. The molecule has 1 atom stereocenters. The molecule has 3 nitrogen and oxygen atoms in total. The van der Waals surface area contributed by atoms with Crippen LogP contribution in [0.2, 0.25) is 0 Å². The molecule has 0 N–H and O–H groups in total. The molecular weight excluding hydrogens is 226 g/mol. The summed E-state index contributed by atoms with van der Waals surface area (Å²) in [4.78, 5) is 0. The van der Waals surface area contributed by atoms with E-state index in [9.17, 15) is 17.2 Å². The molecule has 15 heavy (non-hydrogen) atoms. The van der Waals surface area contributed by atoms with Crippen molar-refractivity contribution in [3.63, 3.8) is 0 Å². The van der Waals surface area contributed by atoms with Crippen LogP contribution in [0.4, 0.5) is 8.78 Å². The third kappa shape index (κ3) is 3.93. The van der Waals surface area contributed by atoms with E-state index in [1.807, 2.05) is 0 Å². The second-order valence-corrected chi connectivity index (χ2v) is 4.75. The summed E-state index contributed by atoms with van der Waals surface area (Å²) < 4.78 is 51.7. The number of rotatable bonds is 3. The summed E-state index contributed by atoms with van der Waals surface area (Å²) in [5, 5.41) is 0. The molecule has 0 fully saturated rings. The third-order valence-electron chi connectivity index (χ3n) is 1.67. The molecule has 1 aromatic rings. The molecule has 0 bridgehead atoms. The van der Waals surface area contributed by atoms with Gasteiger partial charge in [-0.05, 0) is 24.6 Å². The zero-order chi connectivity index (χ0) is 11.6. The van der Waals surface area contributed by atoms with Crippen molar-refractivity contribution in [1.82, 2.24) is 0 Å². The van der Waals surface area contributed by atoms with Crippen LogP contribution in [0.5, 0.6) is 0 Å². The minimum absolute atomic E-state index is 0.137. The highest BCUT2D eigenvalue weighted by Gasteiger charge is 2.14. The molecule has 0 saturated carbocycles. The lowest BCUT2D eigenvalue weighted by atomic mass is 10.1. The average Bonchev–Trinajstić information content (AvgIpc) is 1.98. The Morgan fingerprint density at radius 1 is 1.20 bits per heavy atom. The van der Waals surface area contributed by atoms with E-state index in [2.05, 4.69) is 4.18 Å². The molecule has 0 aromatic heterocycles. The van der Waals surface area contributed by atoms with Crippen LogP contribution in [0.25, 0.3) is 0 Å². The van der Waals surface area contributed by atoms with Gasteiger partial charge in [-0.15, -0.1) is 0 Å². The van der Waals surface area contributed by atoms with Gasteiger partial charge in [-0.25, -0.2) is 8.78 Å². The summed E-state index contributed by atoms with van der Waals surface area (Å²) >= 11 is 0. The topological polar surface area (TPSA) is 43.4 Å². The van der Waals surface area contributed by atoms with Crippen molar-refractivity contribution in [2.45, 2.75) is 13.0 Å². The Morgan fingerprint density at radius 3 is 2.07 bits per heavy atom. The van der Waals surface area contributed by atoms with E-state index >= 15 is 0 Å². The summed E-state index contributed by atoms with van der Waals surface area (Å²) in [6.07, 6.45) is -0.0377. The van der Waals surface area contributed by atoms with Gasteiger partial charge >= 0.3 is 0 Å². The first-order valence-corrected chi connectivity index (χ1v) is 5.94. The Labute approximate surface area is 86.8 Å². The van der Waals surface area contributed by atoms with Crippen LogP contribution in [-0.4, -0.2) is 14.7 Å². The maximum absolute atomic E-state index is 12.8. The molecule has 84 valence electrons. The van der Waals surface area contributed by atoms with Crippen LogP contribution in [0, 0.1) is 11.6 Å². The molecule has 1 aromatic carbocycles. The Morgan fingerprint density at radius 2 is 1.67 bits per heavy atom. The Kier molecular flexibility index (Phi) is 3.41. The molecule has 0 saturated heterocycles. The molecular formula is C9H10F2O3S. The quantitative estimate of drug-likeness (QED) is 0.754. The molecule has 0 unspecified atom stereocenters. The standard InChI is InChI=1S/C9H10F2O3S/c1-6(14-15(2,12)13)7-3-8(10)5-9(11)4-7/h3-6H,1-2H3/t6-/m0/s1. The number of hydrogen-bond donors (Lipinski definition) is 0. The predicted octanol–water partition coefficient (Wildman–Crippen LogP) is 2.00. The lowest BCUT2D eigenvalue weighted by Crippen LogP contribution is -2.08. The summed E-state index contributed by atoms with van der Waals surface area (Å²) in [6, 6.07) is 2.76. The molecule has 0 aliphatic carbocycles. The zero-order valence-corrected chi connectivity index (χ0v) is 9.01. The fourth-order valence-electron chi connectivity index (χ4n) is 1.13. The molecule has 0 spiro atoms. The molecule has 6 heteroatoms. The van der Waals surface area contributed by atoms with E-state index in [-0.39, 0.29) is 5.56 Å². The van der Waals surface area contributed by atoms with Crippen molar-refractivity contribution in [1.29, 1.82) is 0 Å². The maximum atomic E-state index is 12.8. The molecule has 0 heterocycles. The van der Waals surface area contributed by atoms with Crippen molar-refractivity contribution < 1.29 is 21.4 Å². The molecule has 0 radical (unpaired) electrons. The minimum Gasteiger partial charge on any atom is -0.262 e. The average molecular weight is 236 g/mol. The van der Waals surface area contributed by atoms with Crippen molar-refractivity contribution in [3.8, 4) is 0 Å². The van der Waals surface area contributed by atoms with E-state index in [1.54, 1.807) is 0 Å². The van der Waals surface area contributed by atoms with Crippen LogP contribution >= 0.6 is 0 Å². The Bertz CT molecular complexity index is 436. The summed E-state index contributed by atoms with van der Waals surface area (Å²) in [5.74, 6) is -1.54. The van der Waals surface area contributed by atoms with Gasteiger partial charge in [0.2, 0.25) is 0 Å². The van der Waals surface area contributed by atoms with Crippen molar-refractivity contribution in [2.75, 3.05) is 6.26 Å². The second-order valence-electron chi connectivity index (χ2n) is 3.15. The van der Waals surface area contributed by atoms with Crippen LogP contribution in [0.15, 0.2) is 18.2 Å². The van der Waals surface area contributed by atoms with Crippen LogP contribution in [-0.2, 0) is 14.3 Å². The number of benzene rings is 1. The van der Waals surface area contributed by atoms with Gasteiger partial charge in [0, 0.05) is 6.07 Å². The largest absolute Gasteiger partial charge is 0.264 e. The van der Waals surface area contributed by atoms with Crippen LogP contribution in [0.3, 0.4) is 0 Å². The van der Waals surface area contributed by atoms with Gasteiger partial charge in [-0.1, -0.05) is 0 Å². The summed E-state index contributed by atoms with van der Waals surface area (Å²) in [5.41, 5.74) is 0.137. The number of halogens is 2. The minimum atomic E-state index is -3.64. The van der Waals surface area contributed by atoms with E-state index in [0.29, 0.717) is 6.07 Å². The third-order valence-corrected chi connectivity index (χ3v) is 2.31. The first kappa shape index (κ1) is 12.1. The first-order valence-electron chi connectivity index (χ1n) is 4.12. The van der Waals surface area contributed by atoms with Gasteiger partial charge in [-0.3, -0.25) is 4.18 Å². The van der Waals surface area contributed by atoms with Gasteiger partial charge in [0.05, 0.1) is 12.4 Å².